The van der Waals surface area contributed by atoms with Gasteiger partial charge in [-0.2, -0.15) is 5.26 Å². The molecule has 0 amide bonds. The summed E-state index contributed by atoms with van der Waals surface area (Å²) >= 11 is 0. The molecule has 0 aliphatic carbocycles. The third-order valence-corrected chi connectivity index (χ3v) is 3.42. The monoisotopic (exact) mass is 333 g/mol. The van der Waals surface area contributed by atoms with Crippen LogP contribution in [0.3, 0.4) is 0 Å². The van der Waals surface area contributed by atoms with E-state index in [1.807, 2.05) is 42.5 Å². The summed E-state index contributed by atoms with van der Waals surface area (Å²) in [6, 6.07) is 16.7. The molecule has 1 heterocycles. The molecule has 0 bridgehead atoms. The van der Waals surface area contributed by atoms with Crippen molar-refractivity contribution in [3.8, 4) is 17.5 Å². The lowest BCUT2D eigenvalue weighted by Gasteiger charge is -2.03. The molecular weight excluding hydrogens is 318 g/mol. The summed E-state index contributed by atoms with van der Waals surface area (Å²) in [6.07, 6.45) is 1.33. The molecule has 0 unspecified atom stereocenters. The number of benzene rings is 2. The molecule has 6 heteroatoms. The average Bonchev–Trinajstić information content (AvgIpc) is 3.07. The highest BCUT2D eigenvalue weighted by Gasteiger charge is 2.10. The lowest BCUT2D eigenvalue weighted by molar-refractivity contribution is -0.138. The van der Waals surface area contributed by atoms with E-state index in [0.29, 0.717) is 5.89 Å². The molecule has 0 atom stereocenters. The first-order valence-corrected chi connectivity index (χ1v) is 7.71. The van der Waals surface area contributed by atoms with Gasteiger partial charge in [-0.15, -0.1) is 0 Å². The number of ether oxygens (including phenoxy) is 1. The van der Waals surface area contributed by atoms with Gasteiger partial charge in [-0.3, -0.25) is 0 Å². The fraction of sp³-hybridized carbons (Fsp3) is 0.105. The van der Waals surface area contributed by atoms with Crippen molar-refractivity contribution in [2.45, 2.75) is 6.92 Å². The fourth-order valence-corrected chi connectivity index (χ4v) is 2.21. The molecule has 0 radical (unpaired) electrons. The molecule has 0 spiro atoms. The molecule has 25 heavy (non-hydrogen) atoms. The minimum absolute atomic E-state index is 0.0927. The number of carbonyl (C=O) groups is 1. The van der Waals surface area contributed by atoms with Crippen molar-refractivity contribution in [2.75, 3.05) is 11.9 Å². The largest absolute Gasteiger partial charge is 0.462 e. The van der Waals surface area contributed by atoms with E-state index in [0.717, 1.165) is 22.4 Å². The zero-order valence-electron chi connectivity index (χ0n) is 13.5. The summed E-state index contributed by atoms with van der Waals surface area (Å²) < 4.78 is 10.5. The third-order valence-electron chi connectivity index (χ3n) is 3.42. The number of fused-ring (bicyclic) bond motifs is 1. The molecule has 6 nitrogen and oxygen atoms in total. The molecule has 124 valence electrons. The molecular formula is C19H15N3O3. The van der Waals surface area contributed by atoms with Crippen LogP contribution in [0.25, 0.3) is 22.6 Å². The molecule has 1 aromatic heterocycles. The predicted octanol–water partition coefficient (Wildman–Crippen LogP) is 3.88. The summed E-state index contributed by atoms with van der Waals surface area (Å²) in [7, 11) is 0. The van der Waals surface area contributed by atoms with Crippen molar-refractivity contribution in [3.63, 3.8) is 0 Å². The van der Waals surface area contributed by atoms with Crippen molar-refractivity contribution < 1.29 is 13.9 Å². The van der Waals surface area contributed by atoms with Crippen LogP contribution in [0.1, 0.15) is 6.92 Å². The summed E-state index contributed by atoms with van der Waals surface area (Å²) in [5, 5.41) is 11.9. The van der Waals surface area contributed by atoms with E-state index in [1.54, 1.807) is 19.1 Å². The summed E-state index contributed by atoms with van der Waals surface area (Å²) in [5.41, 5.74) is 2.99. The Morgan fingerprint density at radius 3 is 2.72 bits per heavy atom. The Morgan fingerprint density at radius 2 is 2.04 bits per heavy atom. The lowest BCUT2D eigenvalue weighted by atomic mass is 10.2. The van der Waals surface area contributed by atoms with Crippen LogP contribution in [0.2, 0.25) is 0 Å². The molecule has 0 saturated heterocycles. The smallest absolute Gasteiger partial charge is 0.350 e. The number of rotatable bonds is 5. The molecule has 3 rings (SSSR count). The lowest BCUT2D eigenvalue weighted by Crippen LogP contribution is -2.07. The number of nitrogens with zero attached hydrogens (tertiary/aromatic N) is 2. The van der Waals surface area contributed by atoms with Gasteiger partial charge in [0.1, 0.15) is 11.6 Å². The second kappa shape index (κ2) is 7.32. The highest BCUT2D eigenvalue weighted by molar-refractivity contribution is 5.93. The zero-order chi connectivity index (χ0) is 17.6. The van der Waals surface area contributed by atoms with E-state index < -0.39 is 5.97 Å². The Kier molecular flexibility index (Phi) is 4.77. The van der Waals surface area contributed by atoms with Gasteiger partial charge in [0.25, 0.3) is 0 Å². The first-order chi connectivity index (χ1) is 12.2. The van der Waals surface area contributed by atoms with Gasteiger partial charge < -0.3 is 14.5 Å². The van der Waals surface area contributed by atoms with E-state index in [2.05, 4.69) is 10.3 Å². The Bertz CT molecular complexity index is 932. The fourth-order valence-electron chi connectivity index (χ4n) is 2.21. The minimum atomic E-state index is -0.652. The van der Waals surface area contributed by atoms with Crippen LogP contribution < -0.4 is 5.32 Å². The second-order valence-corrected chi connectivity index (χ2v) is 5.10. The van der Waals surface area contributed by atoms with Gasteiger partial charge >= 0.3 is 5.97 Å². The number of hydrogen-bond donors (Lipinski definition) is 1. The quantitative estimate of drug-likeness (QED) is 0.433. The minimum Gasteiger partial charge on any atom is -0.462 e. The van der Waals surface area contributed by atoms with E-state index in [9.17, 15) is 4.79 Å². The molecule has 3 aromatic rings. The van der Waals surface area contributed by atoms with Crippen LogP contribution in [0.4, 0.5) is 5.69 Å². The highest BCUT2D eigenvalue weighted by Crippen LogP contribution is 2.25. The number of oxazole rings is 1. The summed E-state index contributed by atoms with van der Waals surface area (Å²) in [5.74, 6) is -0.117. The Labute approximate surface area is 144 Å². The number of anilines is 1. The summed E-state index contributed by atoms with van der Waals surface area (Å²) in [6.45, 7) is 1.90. The van der Waals surface area contributed by atoms with Crippen LogP contribution in [0.5, 0.6) is 0 Å². The second-order valence-electron chi connectivity index (χ2n) is 5.10. The van der Waals surface area contributed by atoms with Crippen LogP contribution in [0.15, 0.2) is 64.7 Å². The first-order valence-electron chi connectivity index (χ1n) is 7.71. The maximum atomic E-state index is 11.5. The SMILES string of the molecule is CCOC(=O)/C(C#N)=C\Nc1ccc(-c2nc3ccccc3o2)cc1. The number of hydrogen-bond acceptors (Lipinski definition) is 6. The van der Waals surface area contributed by atoms with Gasteiger partial charge in [0.2, 0.25) is 5.89 Å². The first kappa shape index (κ1) is 16.3. The Morgan fingerprint density at radius 1 is 1.28 bits per heavy atom. The maximum absolute atomic E-state index is 11.5. The van der Waals surface area contributed by atoms with E-state index in [-0.39, 0.29) is 12.2 Å². The number of nitriles is 1. The normalized spacial score (nSPS) is 11.1. The average molecular weight is 333 g/mol. The van der Waals surface area contributed by atoms with E-state index in [1.165, 1.54) is 6.20 Å². The van der Waals surface area contributed by atoms with E-state index >= 15 is 0 Å². The number of nitrogens with one attached hydrogen (secondary N) is 1. The topological polar surface area (TPSA) is 88.2 Å². The number of para-hydroxylation sites is 2. The van der Waals surface area contributed by atoms with Crippen molar-refractivity contribution in [1.82, 2.24) is 4.98 Å². The van der Waals surface area contributed by atoms with Gasteiger partial charge in [0, 0.05) is 17.5 Å². The Balaban J connectivity index is 1.76. The van der Waals surface area contributed by atoms with Gasteiger partial charge in [-0.1, -0.05) is 12.1 Å². The van der Waals surface area contributed by atoms with Crippen molar-refractivity contribution in [3.05, 3.63) is 60.3 Å². The van der Waals surface area contributed by atoms with E-state index in [4.69, 9.17) is 14.4 Å². The van der Waals surface area contributed by atoms with Crippen LogP contribution in [-0.2, 0) is 9.53 Å². The molecule has 1 N–H and O–H groups in total. The van der Waals surface area contributed by atoms with Crippen LogP contribution in [0, 0.1) is 11.3 Å². The van der Waals surface area contributed by atoms with Gasteiger partial charge in [-0.05, 0) is 43.3 Å². The third kappa shape index (κ3) is 3.67. The molecule has 2 aromatic carbocycles. The Hall–Kier alpha value is -3.59. The predicted molar refractivity (Wildman–Crippen MR) is 93.4 cm³/mol. The van der Waals surface area contributed by atoms with Crippen LogP contribution in [-0.4, -0.2) is 17.6 Å². The number of aromatic nitrogens is 1. The summed E-state index contributed by atoms with van der Waals surface area (Å²) in [4.78, 5) is 16.0. The van der Waals surface area contributed by atoms with Crippen molar-refractivity contribution in [2.24, 2.45) is 0 Å². The van der Waals surface area contributed by atoms with Gasteiger partial charge in [-0.25, -0.2) is 9.78 Å². The number of carbonyl (C=O) groups excluding carboxylic acids is 1. The zero-order valence-corrected chi connectivity index (χ0v) is 13.5. The molecule has 0 saturated carbocycles. The van der Waals surface area contributed by atoms with Crippen molar-refractivity contribution in [1.29, 1.82) is 5.26 Å². The highest BCUT2D eigenvalue weighted by atomic mass is 16.5. The van der Waals surface area contributed by atoms with Crippen LogP contribution >= 0.6 is 0 Å². The molecule has 0 aliphatic heterocycles. The molecule has 0 aliphatic rings. The standard InChI is InChI=1S/C19H15N3O3/c1-2-24-19(23)14(11-20)12-21-15-9-7-13(8-10-15)18-22-16-5-3-4-6-17(16)25-18/h3-10,12,21H,2H2,1H3/b14-12-. The van der Waals surface area contributed by atoms with Gasteiger partial charge in [0.15, 0.2) is 11.2 Å². The molecule has 0 fully saturated rings. The number of esters is 1. The van der Waals surface area contributed by atoms with Crippen molar-refractivity contribution >= 4 is 22.8 Å². The maximum Gasteiger partial charge on any atom is 0.350 e. The van der Waals surface area contributed by atoms with Gasteiger partial charge in [0.05, 0.1) is 6.61 Å².